The minimum absolute atomic E-state index is 0.0734. The van der Waals surface area contributed by atoms with Gasteiger partial charge in [0, 0.05) is 24.5 Å². The Kier molecular flexibility index (Phi) is 5.80. The molecule has 6 nitrogen and oxygen atoms in total. The second-order valence-corrected chi connectivity index (χ2v) is 7.16. The molecule has 1 aromatic heterocycles. The van der Waals surface area contributed by atoms with Crippen LogP contribution in [0.4, 0.5) is 0 Å². The Morgan fingerprint density at radius 3 is 2.42 bits per heavy atom. The Hall–Kier alpha value is -3.93. The summed E-state index contributed by atoms with van der Waals surface area (Å²) in [4.78, 5) is 31.6. The van der Waals surface area contributed by atoms with Gasteiger partial charge in [0.1, 0.15) is 11.5 Å². The Morgan fingerprint density at radius 1 is 1.03 bits per heavy atom. The average molecular weight is 414 g/mol. The Labute approximate surface area is 180 Å². The molecule has 1 unspecified atom stereocenters. The lowest BCUT2D eigenvalue weighted by Crippen LogP contribution is -2.29. The van der Waals surface area contributed by atoms with Crippen LogP contribution in [0.5, 0.6) is 5.75 Å². The van der Waals surface area contributed by atoms with Gasteiger partial charge in [-0.05, 0) is 36.2 Å². The number of hydrogen-bond acceptors (Lipinski definition) is 5. The van der Waals surface area contributed by atoms with Crippen LogP contribution in [0, 0.1) is 0 Å². The number of aliphatic hydroxyl groups excluding tert-OH is 1. The third-order valence-electron chi connectivity index (χ3n) is 5.17. The van der Waals surface area contributed by atoms with Gasteiger partial charge in [-0.15, -0.1) is 0 Å². The fraction of sp³-hybridized carbons (Fsp3) is 0.160. The summed E-state index contributed by atoms with van der Waals surface area (Å²) in [5, 5.41) is 11.0. The Morgan fingerprint density at radius 2 is 1.77 bits per heavy atom. The van der Waals surface area contributed by atoms with Gasteiger partial charge >= 0.3 is 0 Å². The number of nitrogens with zero attached hydrogens (tertiary/aromatic N) is 2. The molecule has 2 heterocycles. The molecule has 0 saturated carbocycles. The highest BCUT2D eigenvalue weighted by Gasteiger charge is 2.46. The zero-order valence-corrected chi connectivity index (χ0v) is 17.1. The summed E-state index contributed by atoms with van der Waals surface area (Å²) in [5.41, 5.74) is 2.06. The van der Waals surface area contributed by atoms with E-state index in [-0.39, 0.29) is 17.9 Å². The van der Waals surface area contributed by atoms with E-state index in [1.807, 2.05) is 31.2 Å². The number of hydrogen-bond donors (Lipinski definition) is 1. The van der Waals surface area contributed by atoms with Gasteiger partial charge in [-0.3, -0.25) is 14.6 Å². The number of aliphatic hydroxyl groups is 1. The number of carbonyl (C=O) groups excluding carboxylic acids is 2. The summed E-state index contributed by atoms with van der Waals surface area (Å²) in [5.74, 6) is -0.852. The first-order chi connectivity index (χ1) is 15.1. The van der Waals surface area contributed by atoms with E-state index in [4.69, 9.17) is 4.74 Å². The molecular weight excluding hydrogens is 392 g/mol. The summed E-state index contributed by atoms with van der Waals surface area (Å²) < 4.78 is 5.51. The Bertz CT molecular complexity index is 1110. The van der Waals surface area contributed by atoms with Crippen molar-refractivity contribution in [2.45, 2.75) is 19.5 Å². The van der Waals surface area contributed by atoms with E-state index in [2.05, 4.69) is 4.98 Å². The summed E-state index contributed by atoms with van der Waals surface area (Å²) >= 11 is 0. The molecule has 0 spiro atoms. The average Bonchev–Trinajstić information content (AvgIpc) is 3.05. The van der Waals surface area contributed by atoms with Gasteiger partial charge in [-0.1, -0.05) is 48.5 Å². The number of amides is 1. The molecule has 1 saturated heterocycles. The zero-order chi connectivity index (χ0) is 21.8. The minimum atomic E-state index is -0.726. The van der Waals surface area contributed by atoms with Crippen molar-refractivity contribution in [2.75, 3.05) is 6.61 Å². The van der Waals surface area contributed by atoms with Crippen LogP contribution in [0.25, 0.3) is 5.76 Å². The molecule has 1 aliphatic heterocycles. The van der Waals surface area contributed by atoms with Gasteiger partial charge < -0.3 is 14.7 Å². The van der Waals surface area contributed by atoms with Gasteiger partial charge in [0.2, 0.25) is 0 Å². The van der Waals surface area contributed by atoms with Gasteiger partial charge in [0.15, 0.2) is 0 Å². The van der Waals surface area contributed by atoms with Crippen molar-refractivity contribution in [1.82, 2.24) is 9.88 Å². The number of ether oxygens (including phenoxy) is 1. The molecule has 2 aromatic carbocycles. The van der Waals surface area contributed by atoms with Crippen molar-refractivity contribution in [3.63, 3.8) is 0 Å². The molecule has 6 heteroatoms. The maximum atomic E-state index is 13.0. The fourth-order valence-electron chi connectivity index (χ4n) is 3.74. The fourth-order valence-corrected chi connectivity index (χ4v) is 3.74. The first kappa shape index (κ1) is 20.3. The molecule has 156 valence electrons. The van der Waals surface area contributed by atoms with E-state index in [1.165, 1.54) is 4.90 Å². The molecular formula is C25H22N2O4. The van der Waals surface area contributed by atoms with Crippen LogP contribution in [0.15, 0.2) is 84.7 Å². The molecule has 1 aliphatic rings. The molecule has 0 aliphatic carbocycles. The predicted octanol–water partition coefficient (Wildman–Crippen LogP) is 4.10. The van der Waals surface area contributed by atoms with Crippen LogP contribution >= 0.6 is 0 Å². The predicted molar refractivity (Wildman–Crippen MR) is 116 cm³/mol. The second-order valence-electron chi connectivity index (χ2n) is 7.16. The number of pyridine rings is 1. The summed E-state index contributed by atoms with van der Waals surface area (Å²) in [6.07, 6.45) is 3.31. The monoisotopic (exact) mass is 414 g/mol. The quantitative estimate of drug-likeness (QED) is 0.373. The molecule has 1 amide bonds. The van der Waals surface area contributed by atoms with E-state index >= 15 is 0 Å². The standard InChI is InChI=1S/C25H22N2O4/c1-2-31-20-12-10-18(11-13-20)22-21(23(28)19-8-4-3-5-9-19)24(29)25(30)27(22)16-17-7-6-14-26-15-17/h3-15,22,28H,2,16H2,1H3. The van der Waals surface area contributed by atoms with E-state index in [0.717, 1.165) is 5.56 Å². The van der Waals surface area contributed by atoms with Crippen molar-refractivity contribution in [2.24, 2.45) is 0 Å². The van der Waals surface area contributed by atoms with Gasteiger partial charge in [0.25, 0.3) is 11.7 Å². The highest BCUT2D eigenvalue weighted by molar-refractivity contribution is 6.46. The minimum Gasteiger partial charge on any atom is -0.507 e. The summed E-state index contributed by atoms with van der Waals surface area (Å²) in [7, 11) is 0. The van der Waals surface area contributed by atoms with E-state index in [9.17, 15) is 14.7 Å². The van der Waals surface area contributed by atoms with Crippen molar-refractivity contribution >= 4 is 17.4 Å². The van der Waals surface area contributed by atoms with Crippen LogP contribution < -0.4 is 4.74 Å². The number of likely N-dealkylation sites (tertiary alicyclic amines) is 1. The number of carbonyl (C=O) groups is 2. The number of benzene rings is 2. The number of Topliss-reactive ketones (excluding diaryl/α,β-unsaturated/α-hetero) is 1. The largest absolute Gasteiger partial charge is 0.507 e. The van der Waals surface area contributed by atoms with E-state index < -0.39 is 17.7 Å². The highest BCUT2D eigenvalue weighted by Crippen LogP contribution is 2.40. The third-order valence-corrected chi connectivity index (χ3v) is 5.17. The lowest BCUT2D eigenvalue weighted by atomic mass is 9.95. The highest BCUT2D eigenvalue weighted by atomic mass is 16.5. The molecule has 31 heavy (non-hydrogen) atoms. The molecule has 4 rings (SSSR count). The number of rotatable bonds is 6. The topological polar surface area (TPSA) is 79.7 Å². The molecule has 1 fully saturated rings. The van der Waals surface area contributed by atoms with Crippen LogP contribution in [0.2, 0.25) is 0 Å². The maximum Gasteiger partial charge on any atom is 0.295 e. The van der Waals surface area contributed by atoms with Gasteiger partial charge in [-0.2, -0.15) is 0 Å². The summed E-state index contributed by atoms with van der Waals surface area (Å²) in [6, 6.07) is 18.9. The van der Waals surface area contributed by atoms with Crippen LogP contribution in [0.3, 0.4) is 0 Å². The van der Waals surface area contributed by atoms with Crippen molar-refractivity contribution < 1.29 is 19.4 Å². The second kappa shape index (κ2) is 8.83. The van der Waals surface area contributed by atoms with Crippen LogP contribution in [0.1, 0.15) is 29.7 Å². The van der Waals surface area contributed by atoms with Gasteiger partial charge in [-0.25, -0.2) is 0 Å². The van der Waals surface area contributed by atoms with Crippen molar-refractivity contribution in [3.05, 3.63) is 101 Å². The van der Waals surface area contributed by atoms with Crippen molar-refractivity contribution in [1.29, 1.82) is 0 Å². The first-order valence-corrected chi connectivity index (χ1v) is 10.1. The summed E-state index contributed by atoms with van der Waals surface area (Å²) in [6.45, 7) is 2.63. The number of aromatic nitrogens is 1. The maximum absolute atomic E-state index is 13.0. The molecule has 0 bridgehead atoms. The number of ketones is 1. The smallest absolute Gasteiger partial charge is 0.295 e. The lowest BCUT2D eigenvalue weighted by molar-refractivity contribution is -0.140. The van der Waals surface area contributed by atoms with Crippen molar-refractivity contribution in [3.8, 4) is 5.75 Å². The first-order valence-electron chi connectivity index (χ1n) is 10.1. The van der Waals surface area contributed by atoms with E-state index in [1.54, 1.807) is 54.9 Å². The molecule has 0 radical (unpaired) electrons. The SMILES string of the molecule is CCOc1ccc(C2C(=C(O)c3ccccc3)C(=O)C(=O)N2Cc2cccnc2)cc1. The zero-order valence-electron chi connectivity index (χ0n) is 17.1. The third kappa shape index (κ3) is 4.05. The molecule has 1 atom stereocenters. The Balaban J connectivity index is 1.82. The lowest BCUT2D eigenvalue weighted by Gasteiger charge is -2.25. The van der Waals surface area contributed by atoms with E-state index in [0.29, 0.717) is 23.5 Å². The van der Waals surface area contributed by atoms with Crippen LogP contribution in [-0.4, -0.2) is 33.3 Å². The normalized spacial score (nSPS) is 17.7. The molecule has 3 aromatic rings. The van der Waals surface area contributed by atoms with Crippen LogP contribution in [-0.2, 0) is 16.1 Å². The molecule has 1 N–H and O–H groups in total. The van der Waals surface area contributed by atoms with Gasteiger partial charge in [0.05, 0.1) is 18.2 Å².